The van der Waals surface area contributed by atoms with Gasteiger partial charge >= 0.3 is 0 Å². The second-order valence-corrected chi connectivity index (χ2v) is 7.67. The third-order valence-corrected chi connectivity index (χ3v) is 5.71. The number of sulfonamides is 1. The Morgan fingerprint density at radius 3 is 2.55 bits per heavy atom. The SMILES string of the molecule is CCC(C)CN(C)S(=O)(=O)c1ccc(C(N)=S)cc1Cl. The smallest absolute Gasteiger partial charge is 0.244 e. The van der Waals surface area contributed by atoms with Crippen molar-refractivity contribution in [1.29, 1.82) is 0 Å². The largest absolute Gasteiger partial charge is 0.389 e. The highest BCUT2D eigenvalue weighted by Gasteiger charge is 2.24. The van der Waals surface area contributed by atoms with Crippen LogP contribution in [0.15, 0.2) is 23.1 Å². The molecular formula is C13H19ClN2O2S2. The topological polar surface area (TPSA) is 63.4 Å². The van der Waals surface area contributed by atoms with Crippen molar-refractivity contribution in [3.8, 4) is 0 Å². The first-order chi connectivity index (χ1) is 9.20. The van der Waals surface area contributed by atoms with Gasteiger partial charge in [-0.2, -0.15) is 0 Å². The van der Waals surface area contributed by atoms with E-state index in [0.717, 1.165) is 6.42 Å². The molecule has 112 valence electrons. The minimum Gasteiger partial charge on any atom is -0.389 e. The first-order valence-corrected chi connectivity index (χ1v) is 8.48. The predicted octanol–water partition coefficient (Wildman–Crippen LogP) is 2.64. The van der Waals surface area contributed by atoms with Crippen LogP contribution in [0, 0.1) is 5.92 Å². The molecule has 1 atom stereocenters. The van der Waals surface area contributed by atoms with Crippen LogP contribution in [0.4, 0.5) is 0 Å². The van der Waals surface area contributed by atoms with Gasteiger partial charge in [0, 0.05) is 19.2 Å². The van der Waals surface area contributed by atoms with Crippen molar-refractivity contribution in [3.63, 3.8) is 0 Å². The van der Waals surface area contributed by atoms with Gasteiger partial charge in [0.15, 0.2) is 0 Å². The van der Waals surface area contributed by atoms with E-state index in [1.807, 2.05) is 13.8 Å². The van der Waals surface area contributed by atoms with Crippen molar-refractivity contribution in [2.45, 2.75) is 25.2 Å². The molecular weight excluding hydrogens is 316 g/mol. The van der Waals surface area contributed by atoms with Crippen molar-refractivity contribution in [2.24, 2.45) is 11.7 Å². The van der Waals surface area contributed by atoms with Crippen LogP contribution in [0.3, 0.4) is 0 Å². The maximum absolute atomic E-state index is 12.5. The molecule has 0 aliphatic heterocycles. The number of nitrogens with two attached hydrogens (primary N) is 1. The Bertz CT molecular complexity index is 602. The highest BCUT2D eigenvalue weighted by Crippen LogP contribution is 2.26. The van der Waals surface area contributed by atoms with Crippen LogP contribution in [-0.4, -0.2) is 31.3 Å². The Balaban J connectivity index is 3.13. The van der Waals surface area contributed by atoms with E-state index >= 15 is 0 Å². The van der Waals surface area contributed by atoms with Crippen LogP contribution in [0.25, 0.3) is 0 Å². The number of rotatable bonds is 6. The summed E-state index contributed by atoms with van der Waals surface area (Å²) in [5.74, 6) is 0.282. The summed E-state index contributed by atoms with van der Waals surface area (Å²) in [6.45, 7) is 4.48. The van der Waals surface area contributed by atoms with Crippen molar-refractivity contribution in [1.82, 2.24) is 4.31 Å². The monoisotopic (exact) mass is 334 g/mol. The minimum atomic E-state index is -3.60. The van der Waals surface area contributed by atoms with Crippen molar-refractivity contribution in [2.75, 3.05) is 13.6 Å². The Morgan fingerprint density at radius 1 is 1.50 bits per heavy atom. The Kier molecular flexibility index (Phi) is 5.94. The zero-order chi connectivity index (χ0) is 15.5. The fourth-order valence-corrected chi connectivity index (χ4v) is 3.63. The molecule has 1 aromatic carbocycles. The molecule has 1 unspecified atom stereocenters. The molecule has 0 aliphatic rings. The molecule has 7 heteroatoms. The first kappa shape index (κ1) is 17.4. The van der Waals surface area contributed by atoms with Crippen LogP contribution in [-0.2, 0) is 10.0 Å². The van der Waals surface area contributed by atoms with Gasteiger partial charge in [-0.1, -0.05) is 50.2 Å². The molecule has 0 heterocycles. The average Bonchev–Trinajstić information content (AvgIpc) is 2.37. The van der Waals surface area contributed by atoms with Gasteiger partial charge in [0.1, 0.15) is 9.88 Å². The zero-order valence-electron chi connectivity index (χ0n) is 11.8. The second-order valence-electron chi connectivity index (χ2n) is 4.81. The van der Waals surface area contributed by atoms with Gasteiger partial charge in [0.05, 0.1) is 5.02 Å². The molecule has 0 spiro atoms. The van der Waals surface area contributed by atoms with E-state index in [2.05, 4.69) is 0 Å². The molecule has 0 aliphatic carbocycles. The maximum Gasteiger partial charge on any atom is 0.244 e. The van der Waals surface area contributed by atoms with Crippen LogP contribution in [0.1, 0.15) is 25.8 Å². The van der Waals surface area contributed by atoms with Crippen molar-refractivity contribution < 1.29 is 8.42 Å². The molecule has 20 heavy (non-hydrogen) atoms. The van der Waals surface area contributed by atoms with Gasteiger partial charge in [-0.25, -0.2) is 12.7 Å². The number of halogens is 1. The lowest BCUT2D eigenvalue weighted by Crippen LogP contribution is -2.31. The van der Waals surface area contributed by atoms with E-state index in [1.54, 1.807) is 13.1 Å². The lowest BCUT2D eigenvalue weighted by atomic mass is 10.1. The van der Waals surface area contributed by atoms with E-state index in [1.165, 1.54) is 16.4 Å². The van der Waals surface area contributed by atoms with E-state index in [0.29, 0.717) is 12.1 Å². The summed E-state index contributed by atoms with van der Waals surface area (Å²) in [5.41, 5.74) is 6.05. The summed E-state index contributed by atoms with van der Waals surface area (Å²) in [7, 11) is -2.05. The summed E-state index contributed by atoms with van der Waals surface area (Å²) in [4.78, 5) is 0.258. The molecule has 1 rings (SSSR count). The van der Waals surface area contributed by atoms with E-state index < -0.39 is 10.0 Å². The zero-order valence-corrected chi connectivity index (χ0v) is 14.1. The van der Waals surface area contributed by atoms with Gasteiger partial charge in [-0.3, -0.25) is 0 Å². The second kappa shape index (κ2) is 6.85. The molecule has 0 aromatic heterocycles. The van der Waals surface area contributed by atoms with Crippen molar-refractivity contribution >= 4 is 38.8 Å². The standard InChI is InChI=1S/C13H19ClN2O2S2/c1-4-9(2)8-16(3)20(17,18)12-6-5-10(13(15)19)7-11(12)14/h5-7,9H,4,8H2,1-3H3,(H2,15,19). The molecule has 2 N–H and O–H groups in total. The summed E-state index contributed by atoms with van der Waals surface area (Å²) in [6.07, 6.45) is 0.911. The molecule has 0 amide bonds. The average molecular weight is 335 g/mol. The van der Waals surface area contributed by atoms with Gasteiger partial charge in [-0.05, 0) is 18.1 Å². The van der Waals surface area contributed by atoms with Gasteiger partial charge in [-0.15, -0.1) is 0 Å². The quantitative estimate of drug-likeness (QED) is 0.812. The summed E-state index contributed by atoms with van der Waals surface area (Å²) in [5, 5.41) is 0.131. The van der Waals surface area contributed by atoms with Crippen LogP contribution >= 0.6 is 23.8 Å². The predicted molar refractivity (Wildman–Crippen MR) is 86.6 cm³/mol. The molecule has 0 saturated carbocycles. The molecule has 0 bridgehead atoms. The number of benzene rings is 1. The number of nitrogens with zero attached hydrogens (tertiary/aromatic N) is 1. The lowest BCUT2D eigenvalue weighted by Gasteiger charge is -2.21. The summed E-state index contributed by atoms with van der Waals surface area (Å²) >= 11 is 10.9. The lowest BCUT2D eigenvalue weighted by molar-refractivity contribution is 0.393. The number of hydrogen-bond donors (Lipinski definition) is 1. The van der Waals surface area contributed by atoms with E-state index in [9.17, 15) is 8.42 Å². The van der Waals surface area contributed by atoms with Crippen molar-refractivity contribution in [3.05, 3.63) is 28.8 Å². The van der Waals surface area contributed by atoms with E-state index in [4.69, 9.17) is 29.6 Å². The fraction of sp³-hybridized carbons (Fsp3) is 0.462. The Hall–Kier alpha value is -0.690. The van der Waals surface area contributed by atoms with Crippen LogP contribution < -0.4 is 5.73 Å². The highest BCUT2D eigenvalue weighted by atomic mass is 35.5. The van der Waals surface area contributed by atoms with Gasteiger partial charge < -0.3 is 5.73 Å². The fourth-order valence-electron chi connectivity index (χ4n) is 1.70. The Labute approximate surface area is 131 Å². The number of thiocarbonyl (C=S) groups is 1. The molecule has 0 fully saturated rings. The molecule has 0 radical (unpaired) electrons. The summed E-state index contributed by atoms with van der Waals surface area (Å²) in [6, 6.07) is 4.49. The number of hydrogen-bond acceptors (Lipinski definition) is 3. The highest BCUT2D eigenvalue weighted by molar-refractivity contribution is 7.89. The first-order valence-electron chi connectivity index (χ1n) is 6.25. The maximum atomic E-state index is 12.5. The third-order valence-electron chi connectivity index (χ3n) is 3.17. The van der Waals surface area contributed by atoms with E-state index in [-0.39, 0.29) is 20.8 Å². The van der Waals surface area contributed by atoms with Crippen LogP contribution in [0.2, 0.25) is 5.02 Å². The molecule has 0 saturated heterocycles. The Morgan fingerprint density at radius 2 is 2.10 bits per heavy atom. The normalized spacial score (nSPS) is 13.4. The molecule has 4 nitrogen and oxygen atoms in total. The third kappa shape index (κ3) is 3.91. The van der Waals surface area contributed by atoms with Gasteiger partial charge in [0.2, 0.25) is 10.0 Å². The summed E-state index contributed by atoms with van der Waals surface area (Å²) < 4.78 is 26.2. The molecule has 1 aromatic rings. The van der Waals surface area contributed by atoms with Crippen LogP contribution in [0.5, 0.6) is 0 Å². The van der Waals surface area contributed by atoms with Gasteiger partial charge in [0.25, 0.3) is 0 Å². The minimum absolute atomic E-state index is 0.0740.